The van der Waals surface area contributed by atoms with Gasteiger partial charge in [-0.3, -0.25) is 0 Å². The van der Waals surface area contributed by atoms with E-state index < -0.39 is 0 Å². The van der Waals surface area contributed by atoms with Crippen LogP contribution in [0.3, 0.4) is 0 Å². The molecule has 130 valence electrons. The van der Waals surface area contributed by atoms with Crippen molar-refractivity contribution in [2.24, 2.45) is 4.99 Å². The predicted octanol–water partition coefficient (Wildman–Crippen LogP) is 3.62. The van der Waals surface area contributed by atoms with Crippen LogP contribution in [-0.4, -0.2) is 24.6 Å². The molecule has 0 aliphatic rings. The molecule has 1 aromatic carbocycles. The molecular weight excluding hydrogens is 439 g/mol. The minimum absolute atomic E-state index is 0. The van der Waals surface area contributed by atoms with E-state index in [1.54, 1.807) is 7.11 Å². The van der Waals surface area contributed by atoms with Crippen LogP contribution in [0, 0.1) is 0 Å². The Labute approximate surface area is 164 Å². The lowest BCUT2D eigenvalue weighted by molar-refractivity contribution is 0.396. The van der Waals surface area contributed by atoms with Crippen molar-refractivity contribution in [1.82, 2.24) is 15.6 Å². The lowest BCUT2D eigenvalue weighted by Gasteiger charge is -2.11. The minimum atomic E-state index is 0. The van der Waals surface area contributed by atoms with E-state index in [4.69, 9.17) is 16.3 Å². The SMILES string of the molecule is CCNC(=NCc1ccccc1Cl)NCc1cccc(OC)n1.I. The van der Waals surface area contributed by atoms with Crippen LogP contribution in [-0.2, 0) is 13.1 Å². The van der Waals surface area contributed by atoms with E-state index >= 15 is 0 Å². The van der Waals surface area contributed by atoms with Crippen molar-refractivity contribution in [2.75, 3.05) is 13.7 Å². The second kappa shape index (κ2) is 11.1. The zero-order valence-corrected chi connectivity index (χ0v) is 16.8. The Kier molecular flexibility index (Phi) is 9.48. The number of pyridine rings is 1. The van der Waals surface area contributed by atoms with E-state index in [-0.39, 0.29) is 24.0 Å². The normalized spacial score (nSPS) is 10.7. The Balaban J connectivity index is 0.00000288. The summed E-state index contributed by atoms with van der Waals surface area (Å²) < 4.78 is 5.13. The molecule has 2 aromatic rings. The molecule has 1 aromatic heterocycles. The minimum Gasteiger partial charge on any atom is -0.481 e. The summed E-state index contributed by atoms with van der Waals surface area (Å²) in [6.07, 6.45) is 0. The summed E-state index contributed by atoms with van der Waals surface area (Å²) in [5, 5.41) is 7.19. The first-order valence-corrected chi connectivity index (χ1v) is 7.86. The predicted molar refractivity (Wildman–Crippen MR) is 109 cm³/mol. The summed E-state index contributed by atoms with van der Waals surface area (Å²) in [5.74, 6) is 1.32. The van der Waals surface area contributed by atoms with Crippen LogP contribution in [0.5, 0.6) is 5.88 Å². The van der Waals surface area contributed by atoms with Gasteiger partial charge in [-0.2, -0.15) is 0 Å². The number of methoxy groups -OCH3 is 1. The molecule has 0 unspecified atom stereocenters. The summed E-state index contributed by atoms with van der Waals surface area (Å²) in [5.41, 5.74) is 1.87. The van der Waals surface area contributed by atoms with Gasteiger partial charge in [0, 0.05) is 17.6 Å². The van der Waals surface area contributed by atoms with Gasteiger partial charge in [0.25, 0.3) is 0 Å². The van der Waals surface area contributed by atoms with Gasteiger partial charge >= 0.3 is 0 Å². The van der Waals surface area contributed by atoms with Crippen LogP contribution in [0.4, 0.5) is 0 Å². The maximum absolute atomic E-state index is 6.16. The van der Waals surface area contributed by atoms with E-state index in [1.165, 1.54) is 0 Å². The van der Waals surface area contributed by atoms with E-state index in [1.807, 2.05) is 49.4 Å². The van der Waals surface area contributed by atoms with Crippen molar-refractivity contribution in [2.45, 2.75) is 20.0 Å². The molecule has 2 N–H and O–H groups in total. The molecular formula is C17H22ClIN4O. The number of rotatable bonds is 6. The average molecular weight is 461 g/mol. The van der Waals surface area contributed by atoms with E-state index in [2.05, 4.69) is 20.6 Å². The number of guanidine groups is 1. The van der Waals surface area contributed by atoms with Crippen LogP contribution in [0.1, 0.15) is 18.2 Å². The summed E-state index contributed by atoms with van der Waals surface area (Å²) in [6.45, 7) is 3.88. The molecule has 0 radical (unpaired) electrons. The molecule has 0 spiro atoms. The van der Waals surface area contributed by atoms with Crippen molar-refractivity contribution in [1.29, 1.82) is 0 Å². The summed E-state index contributed by atoms with van der Waals surface area (Å²) in [6, 6.07) is 13.4. The Hall–Kier alpha value is -1.54. The molecule has 24 heavy (non-hydrogen) atoms. The molecule has 0 aliphatic carbocycles. The highest BCUT2D eigenvalue weighted by Gasteiger charge is 2.02. The Morgan fingerprint density at radius 1 is 1.17 bits per heavy atom. The fraction of sp³-hybridized carbons (Fsp3) is 0.294. The molecule has 0 atom stereocenters. The van der Waals surface area contributed by atoms with Crippen molar-refractivity contribution >= 4 is 41.5 Å². The molecule has 1 heterocycles. The van der Waals surface area contributed by atoms with Crippen LogP contribution in [0.15, 0.2) is 47.5 Å². The lowest BCUT2D eigenvalue weighted by Crippen LogP contribution is -2.37. The van der Waals surface area contributed by atoms with Crippen LogP contribution in [0.2, 0.25) is 5.02 Å². The number of hydrogen-bond donors (Lipinski definition) is 2. The van der Waals surface area contributed by atoms with E-state index in [0.29, 0.717) is 19.0 Å². The molecule has 0 amide bonds. The third kappa shape index (κ3) is 6.52. The summed E-state index contributed by atoms with van der Waals surface area (Å²) >= 11 is 6.16. The van der Waals surface area contributed by atoms with Gasteiger partial charge in [0.05, 0.1) is 25.9 Å². The summed E-state index contributed by atoms with van der Waals surface area (Å²) in [4.78, 5) is 8.92. The van der Waals surface area contributed by atoms with Gasteiger partial charge < -0.3 is 15.4 Å². The van der Waals surface area contributed by atoms with Crippen LogP contribution >= 0.6 is 35.6 Å². The zero-order valence-electron chi connectivity index (χ0n) is 13.8. The quantitative estimate of drug-likeness (QED) is 0.393. The number of benzene rings is 1. The average Bonchev–Trinajstić information content (AvgIpc) is 2.59. The number of nitrogens with zero attached hydrogens (tertiary/aromatic N) is 2. The van der Waals surface area contributed by atoms with E-state index in [9.17, 15) is 0 Å². The van der Waals surface area contributed by atoms with Crippen LogP contribution < -0.4 is 15.4 Å². The molecule has 0 saturated carbocycles. The van der Waals surface area contributed by atoms with Gasteiger partial charge in [-0.15, -0.1) is 24.0 Å². The maximum atomic E-state index is 6.16. The van der Waals surface area contributed by atoms with E-state index in [0.717, 1.165) is 28.8 Å². The van der Waals surface area contributed by atoms with Crippen LogP contribution in [0.25, 0.3) is 0 Å². The molecule has 0 fully saturated rings. The fourth-order valence-electron chi connectivity index (χ4n) is 1.98. The molecule has 0 aliphatic heterocycles. The van der Waals surface area contributed by atoms with Gasteiger partial charge in [0.1, 0.15) is 0 Å². The number of ether oxygens (including phenoxy) is 1. The Bertz CT molecular complexity index is 667. The number of nitrogens with one attached hydrogen (secondary N) is 2. The third-order valence-electron chi connectivity index (χ3n) is 3.14. The van der Waals surface area contributed by atoms with Crippen molar-refractivity contribution in [3.8, 4) is 5.88 Å². The maximum Gasteiger partial charge on any atom is 0.213 e. The monoisotopic (exact) mass is 460 g/mol. The zero-order chi connectivity index (χ0) is 16.5. The van der Waals surface area contributed by atoms with Gasteiger partial charge in [0.2, 0.25) is 5.88 Å². The third-order valence-corrected chi connectivity index (χ3v) is 3.51. The first kappa shape index (κ1) is 20.5. The number of halogens is 2. The largest absolute Gasteiger partial charge is 0.481 e. The highest BCUT2D eigenvalue weighted by Crippen LogP contribution is 2.15. The molecule has 2 rings (SSSR count). The smallest absolute Gasteiger partial charge is 0.213 e. The van der Waals surface area contributed by atoms with Gasteiger partial charge in [-0.25, -0.2) is 9.98 Å². The van der Waals surface area contributed by atoms with Crippen molar-refractivity contribution in [3.63, 3.8) is 0 Å². The Morgan fingerprint density at radius 3 is 2.67 bits per heavy atom. The highest BCUT2D eigenvalue weighted by molar-refractivity contribution is 14.0. The van der Waals surface area contributed by atoms with Gasteiger partial charge in [0.15, 0.2) is 5.96 Å². The van der Waals surface area contributed by atoms with Gasteiger partial charge in [-0.05, 0) is 24.6 Å². The lowest BCUT2D eigenvalue weighted by atomic mass is 10.2. The second-order valence-corrected chi connectivity index (χ2v) is 5.22. The molecule has 0 saturated heterocycles. The van der Waals surface area contributed by atoms with Gasteiger partial charge in [-0.1, -0.05) is 35.9 Å². The number of hydrogen-bond acceptors (Lipinski definition) is 3. The first-order chi connectivity index (χ1) is 11.2. The topological polar surface area (TPSA) is 58.5 Å². The number of aliphatic imine (C=N–C) groups is 1. The Morgan fingerprint density at radius 2 is 1.96 bits per heavy atom. The standard InChI is InChI=1S/C17H21ClN4O.HI/c1-3-19-17(20-11-13-7-4-5-9-15(13)18)21-12-14-8-6-10-16(22-14)23-2;/h4-10H,3,11-12H2,1-2H3,(H2,19,20,21);1H. The fourth-order valence-corrected chi connectivity index (χ4v) is 2.17. The molecule has 7 heteroatoms. The first-order valence-electron chi connectivity index (χ1n) is 7.48. The highest BCUT2D eigenvalue weighted by atomic mass is 127. The second-order valence-electron chi connectivity index (χ2n) is 4.81. The number of aromatic nitrogens is 1. The molecule has 5 nitrogen and oxygen atoms in total. The molecule has 0 bridgehead atoms. The van der Waals surface area contributed by atoms with Crippen molar-refractivity contribution < 1.29 is 4.74 Å². The van der Waals surface area contributed by atoms with Crippen molar-refractivity contribution in [3.05, 3.63) is 58.7 Å². The summed E-state index contributed by atoms with van der Waals surface area (Å²) in [7, 11) is 1.61.